The van der Waals surface area contributed by atoms with Gasteiger partial charge in [0.25, 0.3) is 5.69 Å². The van der Waals surface area contributed by atoms with E-state index in [1.54, 1.807) is 0 Å². The molecule has 1 aliphatic carbocycles. The van der Waals surface area contributed by atoms with Crippen LogP contribution in [0.25, 0.3) is 0 Å². The summed E-state index contributed by atoms with van der Waals surface area (Å²) in [7, 11) is 0. The molecule has 3 atom stereocenters. The van der Waals surface area contributed by atoms with Crippen LogP contribution in [0.1, 0.15) is 37.0 Å². The van der Waals surface area contributed by atoms with Crippen LogP contribution in [0.2, 0.25) is 0 Å². The number of pyridine rings is 1. The predicted octanol–water partition coefficient (Wildman–Crippen LogP) is 2.53. The Bertz CT molecular complexity index is 546. The summed E-state index contributed by atoms with van der Waals surface area (Å²) in [4.78, 5) is 25.2. The van der Waals surface area contributed by atoms with Crippen LogP contribution >= 0.6 is 0 Å². The van der Waals surface area contributed by atoms with Crippen LogP contribution in [-0.4, -0.2) is 27.0 Å². The standard InChI is InChI=1S/C13H17N3O4/c1-7-3-4-11(8(7)2)15-12-10(13(17)18)5-9(6-14-12)16(19)20/h5-8,11H,3-4H2,1-2H3,(H,14,15)(H,17,18). The molecule has 1 heterocycles. The third-order valence-corrected chi connectivity index (χ3v) is 4.10. The van der Waals surface area contributed by atoms with Crippen molar-refractivity contribution in [1.82, 2.24) is 4.98 Å². The number of nitrogens with zero attached hydrogens (tertiary/aromatic N) is 2. The Morgan fingerprint density at radius 1 is 1.50 bits per heavy atom. The molecule has 2 rings (SSSR count). The van der Waals surface area contributed by atoms with Gasteiger partial charge in [0.2, 0.25) is 0 Å². The van der Waals surface area contributed by atoms with Crippen molar-refractivity contribution in [2.24, 2.45) is 11.8 Å². The van der Waals surface area contributed by atoms with Gasteiger partial charge >= 0.3 is 5.97 Å². The van der Waals surface area contributed by atoms with Crippen molar-refractivity contribution in [1.29, 1.82) is 0 Å². The molecule has 2 N–H and O–H groups in total. The lowest BCUT2D eigenvalue weighted by Gasteiger charge is -2.20. The number of anilines is 1. The van der Waals surface area contributed by atoms with Gasteiger partial charge in [0.05, 0.1) is 4.92 Å². The average molecular weight is 279 g/mol. The van der Waals surface area contributed by atoms with Crippen LogP contribution < -0.4 is 5.32 Å². The number of rotatable bonds is 4. The quantitative estimate of drug-likeness (QED) is 0.648. The SMILES string of the molecule is CC1CCC(Nc2ncc([N+](=O)[O-])cc2C(=O)O)C1C. The molecular weight excluding hydrogens is 262 g/mol. The van der Waals surface area contributed by atoms with E-state index < -0.39 is 10.9 Å². The highest BCUT2D eigenvalue weighted by Gasteiger charge is 2.31. The highest BCUT2D eigenvalue weighted by Crippen LogP contribution is 2.33. The number of aromatic nitrogens is 1. The molecule has 0 saturated heterocycles. The molecule has 0 aromatic carbocycles. The molecule has 0 aliphatic heterocycles. The van der Waals surface area contributed by atoms with Gasteiger partial charge < -0.3 is 10.4 Å². The molecule has 7 heteroatoms. The summed E-state index contributed by atoms with van der Waals surface area (Å²) in [5, 5.41) is 23.0. The monoisotopic (exact) mass is 279 g/mol. The molecule has 0 spiro atoms. The fraction of sp³-hybridized carbons (Fsp3) is 0.538. The fourth-order valence-corrected chi connectivity index (χ4v) is 2.58. The molecule has 108 valence electrons. The topological polar surface area (TPSA) is 105 Å². The van der Waals surface area contributed by atoms with Crippen LogP contribution in [0, 0.1) is 22.0 Å². The Kier molecular flexibility index (Phi) is 3.87. The molecule has 0 bridgehead atoms. The Morgan fingerprint density at radius 3 is 2.70 bits per heavy atom. The Morgan fingerprint density at radius 2 is 2.20 bits per heavy atom. The van der Waals surface area contributed by atoms with Gasteiger partial charge in [0.15, 0.2) is 0 Å². The van der Waals surface area contributed by atoms with Crippen molar-refractivity contribution in [3.63, 3.8) is 0 Å². The number of carboxylic acids is 1. The first-order chi connectivity index (χ1) is 9.40. The maximum absolute atomic E-state index is 11.2. The smallest absolute Gasteiger partial charge is 0.339 e. The van der Waals surface area contributed by atoms with Crippen molar-refractivity contribution in [2.75, 3.05) is 5.32 Å². The van der Waals surface area contributed by atoms with Crippen LogP contribution in [0.3, 0.4) is 0 Å². The van der Waals surface area contributed by atoms with E-state index >= 15 is 0 Å². The second-order valence-electron chi connectivity index (χ2n) is 5.32. The van der Waals surface area contributed by atoms with E-state index in [2.05, 4.69) is 24.1 Å². The maximum Gasteiger partial charge on any atom is 0.339 e. The van der Waals surface area contributed by atoms with Gasteiger partial charge in [-0.05, 0) is 24.7 Å². The number of carboxylic acid groups (broad SMARTS) is 1. The van der Waals surface area contributed by atoms with Crippen LogP contribution in [0.4, 0.5) is 11.5 Å². The normalized spacial score (nSPS) is 25.4. The van der Waals surface area contributed by atoms with Crippen molar-refractivity contribution in [3.8, 4) is 0 Å². The zero-order valence-electron chi connectivity index (χ0n) is 11.4. The molecular formula is C13H17N3O4. The second-order valence-corrected chi connectivity index (χ2v) is 5.32. The van der Waals surface area contributed by atoms with Gasteiger partial charge in [0, 0.05) is 12.1 Å². The summed E-state index contributed by atoms with van der Waals surface area (Å²) in [6.45, 7) is 4.27. The summed E-state index contributed by atoms with van der Waals surface area (Å²) in [5.41, 5.74) is -0.480. The van der Waals surface area contributed by atoms with Gasteiger partial charge in [-0.15, -0.1) is 0 Å². The third kappa shape index (κ3) is 2.71. The molecule has 1 fully saturated rings. The van der Waals surface area contributed by atoms with Crippen LogP contribution in [0.5, 0.6) is 0 Å². The summed E-state index contributed by atoms with van der Waals surface area (Å²) in [6, 6.07) is 1.19. The number of nitrogens with one attached hydrogen (secondary N) is 1. The summed E-state index contributed by atoms with van der Waals surface area (Å²) in [5.74, 6) is -0.0380. The maximum atomic E-state index is 11.2. The van der Waals surface area contributed by atoms with Gasteiger partial charge in [-0.1, -0.05) is 13.8 Å². The molecule has 20 heavy (non-hydrogen) atoms. The number of aromatic carboxylic acids is 1. The number of hydrogen-bond acceptors (Lipinski definition) is 5. The molecule has 1 aromatic rings. The van der Waals surface area contributed by atoms with E-state index in [1.807, 2.05) is 0 Å². The van der Waals surface area contributed by atoms with Gasteiger partial charge in [-0.25, -0.2) is 9.78 Å². The van der Waals surface area contributed by atoms with Crippen LogP contribution in [0.15, 0.2) is 12.3 Å². The first-order valence-electron chi connectivity index (χ1n) is 6.54. The van der Waals surface area contributed by atoms with Crippen molar-refractivity contribution < 1.29 is 14.8 Å². The zero-order chi connectivity index (χ0) is 14.9. The molecule has 0 amide bonds. The lowest BCUT2D eigenvalue weighted by atomic mass is 9.98. The lowest BCUT2D eigenvalue weighted by molar-refractivity contribution is -0.385. The molecule has 0 radical (unpaired) electrons. The largest absolute Gasteiger partial charge is 0.478 e. The minimum atomic E-state index is -1.22. The molecule has 1 aliphatic rings. The lowest BCUT2D eigenvalue weighted by Crippen LogP contribution is -2.25. The van der Waals surface area contributed by atoms with Crippen molar-refractivity contribution >= 4 is 17.5 Å². The van der Waals surface area contributed by atoms with E-state index in [0.29, 0.717) is 11.8 Å². The van der Waals surface area contributed by atoms with Crippen LogP contribution in [-0.2, 0) is 0 Å². The van der Waals surface area contributed by atoms with Crippen molar-refractivity contribution in [2.45, 2.75) is 32.7 Å². The van der Waals surface area contributed by atoms with E-state index in [4.69, 9.17) is 5.11 Å². The number of hydrogen-bond donors (Lipinski definition) is 2. The van der Waals surface area contributed by atoms with Gasteiger partial charge in [-0.3, -0.25) is 10.1 Å². The van der Waals surface area contributed by atoms with E-state index in [1.165, 1.54) is 0 Å². The highest BCUT2D eigenvalue weighted by atomic mass is 16.6. The Hall–Kier alpha value is -2.18. The van der Waals surface area contributed by atoms with Crippen molar-refractivity contribution in [3.05, 3.63) is 27.9 Å². The zero-order valence-corrected chi connectivity index (χ0v) is 11.4. The average Bonchev–Trinajstić information content (AvgIpc) is 2.70. The molecule has 7 nitrogen and oxygen atoms in total. The number of carbonyl (C=O) groups is 1. The summed E-state index contributed by atoms with van der Waals surface area (Å²) in [6.07, 6.45) is 3.10. The minimum Gasteiger partial charge on any atom is -0.478 e. The fourth-order valence-electron chi connectivity index (χ4n) is 2.58. The summed E-state index contributed by atoms with van der Waals surface area (Å²) < 4.78 is 0. The molecule has 1 aromatic heterocycles. The molecule has 1 saturated carbocycles. The van der Waals surface area contributed by atoms with E-state index in [9.17, 15) is 14.9 Å². The number of nitro groups is 1. The van der Waals surface area contributed by atoms with E-state index in [-0.39, 0.29) is 23.1 Å². The minimum absolute atomic E-state index is 0.150. The van der Waals surface area contributed by atoms with E-state index in [0.717, 1.165) is 25.1 Å². The highest BCUT2D eigenvalue weighted by molar-refractivity contribution is 5.93. The summed E-state index contributed by atoms with van der Waals surface area (Å²) >= 11 is 0. The van der Waals surface area contributed by atoms with Gasteiger partial charge in [0.1, 0.15) is 17.6 Å². The Labute approximate surface area is 116 Å². The van der Waals surface area contributed by atoms with Gasteiger partial charge in [-0.2, -0.15) is 0 Å². The Balaban J connectivity index is 2.27. The second kappa shape index (κ2) is 5.44. The first-order valence-corrected chi connectivity index (χ1v) is 6.54. The molecule has 3 unspecified atom stereocenters. The first kappa shape index (κ1) is 14.2. The predicted molar refractivity (Wildman–Crippen MR) is 72.8 cm³/mol. The third-order valence-electron chi connectivity index (χ3n) is 4.10.